The average Bonchev–Trinajstić information content (AvgIpc) is 2.01. The Labute approximate surface area is 73.1 Å². The van der Waals surface area contributed by atoms with Gasteiger partial charge in [-0.15, -0.1) is 0 Å². The van der Waals surface area contributed by atoms with E-state index in [2.05, 4.69) is 41.0 Å². The molecule has 0 aliphatic heterocycles. The molecule has 0 rings (SSSR count). The van der Waals surface area contributed by atoms with E-state index in [9.17, 15) is 0 Å². The van der Waals surface area contributed by atoms with Crippen molar-refractivity contribution in [3.63, 3.8) is 0 Å². The van der Waals surface area contributed by atoms with Crippen molar-refractivity contribution in [1.29, 1.82) is 0 Å². The van der Waals surface area contributed by atoms with Gasteiger partial charge in [-0.2, -0.15) is 0 Å². The van der Waals surface area contributed by atoms with Crippen molar-refractivity contribution in [2.75, 3.05) is 19.5 Å². The fourth-order valence-electron chi connectivity index (χ4n) is 1.32. The maximum atomic E-state index is 2.49. The summed E-state index contributed by atoms with van der Waals surface area (Å²) in [6.45, 7) is 14.4. The molecule has 0 aromatic heterocycles. The van der Waals surface area contributed by atoms with Gasteiger partial charge in [-0.3, -0.25) is 0 Å². The number of hydrogen-bond acceptors (Lipinski definition) is 0. The van der Waals surface area contributed by atoms with Crippen LogP contribution in [-0.4, -0.2) is 25.2 Å². The SMILES string of the molecule is CCC(C)C(C)[P+](C)(C)CC. The lowest BCUT2D eigenvalue weighted by atomic mass is 10.1. The predicted octanol–water partition coefficient (Wildman–Crippen LogP) is 3.72. The highest BCUT2D eigenvalue weighted by Gasteiger charge is 2.33. The lowest BCUT2D eigenvalue weighted by molar-refractivity contribution is 0.549. The van der Waals surface area contributed by atoms with E-state index in [0.29, 0.717) is 0 Å². The molecule has 68 valence electrons. The standard InChI is InChI=1S/C10H24P/c1-7-9(3)10(4)11(5,6)8-2/h9-10H,7-8H2,1-6H3/q+1. The average molecular weight is 175 g/mol. The van der Waals surface area contributed by atoms with E-state index in [0.717, 1.165) is 11.6 Å². The molecule has 2 atom stereocenters. The number of rotatable bonds is 4. The Hall–Kier alpha value is 0.430. The molecular weight excluding hydrogens is 151 g/mol. The van der Waals surface area contributed by atoms with Gasteiger partial charge >= 0.3 is 0 Å². The lowest BCUT2D eigenvalue weighted by Crippen LogP contribution is -2.18. The minimum absolute atomic E-state index is 0.587. The fourth-order valence-corrected chi connectivity index (χ4v) is 3.48. The highest BCUT2D eigenvalue weighted by atomic mass is 31.2. The summed E-state index contributed by atoms with van der Waals surface area (Å²) in [6.07, 6.45) is 2.74. The van der Waals surface area contributed by atoms with E-state index in [1.807, 2.05) is 0 Å². The van der Waals surface area contributed by atoms with Gasteiger partial charge in [0.05, 0.1) is 11.8 Å². The Kier molecular flexibility index (Phi) is 4.63. The summed E-state index contributed by atoms with van der Waals surface area (Å²) >= 11 is 0. The molecule has 0 aromatic carbocycles. The van der Waals surface area contributed by atoms with E-state index in [1.54, 1.807) is 0 Å². The molecule has 0 spiro atoms. The normalized spacial score (nSPS) is 18.0. The molecule has 0 nitrogen and oxygen atoms in total. The second-order valence-corrected chi connectivity index (χ2v) is 9.23. The largest absolute Gasteiger partial charge is 0.0689 e. The van der Waals surface area contributed by atoms with Crippen LogP contribution >= 0.6 is 7.26 Å². The molecule has 0 N–H and O–H groups in total. The first-order chi connectivity index (χ1) is 4.95. The molecule has 0 aromatic rings. The van der Waals surface area contributed by atoms with Crippen LogP contribution in [0.3, 0.4) is 0 Å². The summed E-state index contributed by atoms with van der Waals surface area (Å²) < 4.78 is 0. The van der Waals surface area contributed by atoms with Gasteiger partial charge in [0, 0.05) is 20.6 Å². The maximum Gasteiger partial charge on any atom is 0.0689 e. The van der Waals surface area contributed by atoms with Crippen molar-refractivity contribution in [2.24, 2.45) is 5.92 Å². The van der Waals surface area contributed by atoms with Crippen molar-refractivity contribution in [2.45, 2.75) is 39.8 Å². The van der Waals surface area contributed by atoms with E-state index >= 15 is 0 Å². The highest BCUT2D eigenvalue weighted by molar-refractivity contribution is 7.75. The van der Waals surface area contributed by atoms with Crippen LogP contribution in [0.1, 0.15) is 34.1 Å². The molecule has 0 bridgehead atoms. The molecule has 0 aliphatic carbocycles. The first-order valence-electron chi connectivity index (χ1n) is 4.78. The molecule has 0 aliphatic rings. The molecule has 0 saturated heterocycles. The Morgan fingerprint density at radius 2 is 1.55 bits per heavy atom. The zero-order valence-electron chi connectivity index (χ0n) is 9.02. The third-order valence-electron chi connectivity index (χ3n) is 3.39. The molecule has 0 heterocycles. The first kappa shape index (κ1) is 11.4. The molecule has 0 amide bonds. The van der Waals surface area contributed by atoms with Crippen LogP contribution in [0.4, 0.5) is 0 Å². The summed E-state index contributed by atoms with van der Waals surface area (Å²) in [7, 11) is -0.587. The molecule has 11 heavy (non-hydrogen) atoms. The number of hydrogen-bond donors (Lipinski definition) is 0. The van der Waals surface area contributed by atoms with Crippen LogP contribution in [0.15, 0.2) is 0 Å². The van der Waals surface area contributed by atoms with Crippen molar-refractivity contribution in [3.8, 4) is 0 Å². The van der Waals surface area contributed by atoms with Gasteiger partial charge in [0.25, 0.3) is 0 Å². The van der Waals surface area contributed by atoms with Crippen LogP contribution < -0.4 is 0 Å². The summed E-state index contributed by atoms with van der Waals surface area (Å²) in [5.74, 6) is 0.915. The summed E-state index contributed by atoms with van der Waals surface area (Å²) in [5, 5.41) is 0. The van der Waals surface area contributed by atoms with Crippen molar-refractivity contribution < 1.29 is 0 Å². The zero-order valence-corrected chi connectivity index (χ0v) is 9.91. The topological polar surface area (TPSA) is 0 Å². The first-order valence-corrected chi connectivity index (χ1v) is 7.72. The van der Waals surface area contributed by atoms with Gasteiger partial charge in [0.1, 0.15) is 0 Å². The van der Waals surface area contributed by atoms with Crippen LogP contribution in [0.2, 0.25) is 0 Å². The quantitative estimate of drug-likeness (QED) is 0.571. The lowest BCUT2D eigenvalue weighted by Gasteiger charge is -2.28. The molecule has 0 radical (unpaired) electrons. The molecule has 0 saturated carbocycles. The molecule has 1 heteroatoms. The Balaban J connectivity index is 4.10. The van der Waals surface area contributed by atoms with Gasteiger partial charge in [-0.1, -0.05) is 13.8 Å². The predicted molar refractivity (Wildman–Crippen MR) is 58.2 cm³/mol. The van der Waals surface area contributed by atoms with E-state index in [4.69, 9.17) is 0 Å². The van der Waals surface area contributed by atoms with Gasteiger partial charge in [-0.05, 0) is 26.2 Å². The Morgan fingerprint density at radius 1 is 1.09 bits per heavy atom. The minimum atomic E-state index is -0.587. The second-order valence-electron chi connectivity index (χ2n) is 4.22. The van der Waals surface area contributed by atoms with E-state index < -0.39 is 7.26 Å². The van der Waals surface area contributed by atoms with Crippen molar-refractivity contribution >= 4 is 7.26 Å². The minimum Gasteiger partial charge on any atom is -0.0650 e. The molecule has 0 fully saturated rings. The van der Waals surface area contributed by atoms with Gasteiger partial charge in [0.2, 0.25) is 0 Å². The van der Waals surface area contributed by atoms with E-state index in [-0.39, 0.29) is 0 Å². The van der Waals surface area contributed by atoms with Gasteiger partial charge in [-0.25, -0.2) is 0 Å². The maximum absolute atomic E-state index is 2.49. The van der Waals surface area contributed by atoms with Crippen LogP contribution in [-0.2, 0) is 0 Å². The highest BCUT2D eigenvalue weighted by Crippen LogP contribution is 2.58. The van der Waals surface area contributed by atoms with Crippen molar-refractivity contribution in [1.82, 2.24) is 0 Å². The Morgan fingerprint density at radius 3 is 1.82 bits per heavy atom. The van der Waals surface area contributed by atoms with E-state index in [1.165, 1.54) is 12.6 Å². The van der Waals surface area contributed by atoms with Crippen LogP contribution in [0.25, 0.3) is 0 Å². The third-order valence-corrected chi connectivity index (χ3v) is 7.73. The molecule has 2 unspecified atom stereocenters. The van der Waals surface area contributed by atoms with Gasteiger partial charge in [0.15, 0.2) is 0 Å². The molecular formula is C10H24P+. The second kappa shape index (κ2) is 4.45. The fraction of sp³-hybridized carbons (Fsp3) is 1.00. The van der Waals surface area contributed by atoms with Crippen LogP contribution in [0.5, 0.6) is 0 Å². The van der Waals surface area contributed by atoms with Crippen LogP contribution in [0, 0.1) is 5.92 Å². The Bertz CT molecular complexity index is 107. The zero-order chi connectivity index (χ0) is 9.07. The summed E-state index contributed by atoms with van der Waals surface area (Å²) in [6, 6.07) is 0. The third kappa shape index (κ3) is 3.11. The van der Waals surface area contributed by atoms with Gasteiger partial charge < -0.3 is 0 Å². The smallest absolute Gasteiger partial charge is 0.0650 e. The summed E-state index contributed by atoms with van der Waals surface area (Å²) in [5.41, 5.74) is 0.956. The monoisotopic (exact) mass is 175 g/mol. The van der Waals surface area contributed by atoms with Crippen molar-refractivity contribution in [3.05, 3.63) is 0 Å². The summed E-state index contributed by atoms with van der Waals surface area (Å²) in [4.78, 5) is 0.